The molecule has 1 aromatic heterocycles. The number of aromatic amines is 1. The third kappa shape index (κ3) is 4.21. The first-order chi connectivity index (χ1) is 12.2. The minimum absolute atomic E-state index is 0.134. The molecule has 25 heavy (non-hydrogen) atoms. The molecule has 0 saturated heterocycles. The van der Waals surface area contributed by atoms with E-state index in [0.29, 0.717) is 5.52 Å². The number of nitrogens with zero attached hydrogens (tertiary/aromatic N) is 1. The Morgan fingerprint density at radius 3 is 2.52 bits per heavy atom. The number of amides is 2. The molecule has 0 spiro atoms. The van der Waals surface area contributed by atoms with Crippen LogP contribution in [0.3, 0.4) is 0 Å². The summed E-state index contributed by atoms with van der Waals surface area (Å²) in [6.45, 7) is -0.507. The summed E-state index contributed by atoms with van der Waals surface area (Å²) in [5.74, 6) is -0.616. The van der Waals surface area contributed by atoms with E-state index >= 15 is 0 Å². The van der Waals surface area contributed by atoms with E-state index in [0.717, 1.165) is 11.1 Å². The third-order valence-corrected chi connectivity index (χ3v) is 3.67. The van der Waals surface area contributed by atoms with Crippen molar-refractivity contribution in [2.75, 3.05) is 11.9 Å². The number of imidazole rings is 1. The van der Waals surface area contributed by atoms with E-state index in [1.54, 1.807) is 0 Å². The summed E-state index contributed by atoms with van der Waals surface area (Å²) in [6, 6.07) is 15.5. The minimum atomic E-state index is -1.05. The number of benzene rings is 2. The molecule has 0 saturated carbocycles. The molecule has 0 radical (unpaired) electrons. The second-order valence-electron chi connectivity index (χ2n) is 5.56. The van der Waals surface area contributed by atoms with E-state index in [9.17, 15) is 14.7 Å². The Labute approximate surface area is 144 Å². The summed E-state index contributed by atoms with van der Waals surface area (Å²) in [7, 11) is 0. The lowest BCUT2D eigenvalue weighted by Crippen LogP contribution is -2.46. The van der Waals surface area contributed by atoms with Gasteiger partial charge in [0.25, 0.3) is 5.91 Å². The molecule has 0 aliphatic heterocycles. The quantitative estimate of drug-likeness (QED) is 0.542. The molecule has 0 bridgehead atoms. The van der Waals surface area contributed by atoms with Crippen molar-refractivity contribution in [1.29, 1.82) is 0 Å². The molecule has 0 fully saturated rings. The van der Waals surface area contributed by atoms with Crippen molar-refractivity contribution in [3.63, 3.8) is 0 Å². The number of carbonyl (C=O) groups excluding carboxylic acids is 2. The van der Waals surface area contributed by atoms with Gasteiger partial charge in [-0.2, -0.15) is 0 Å². The average molecular weight is 338 g/mol. The zero-order valence-corrected chi connectivity index (χ0v) is 13.4. The lowest BCUT2D eigenvalue weighted by atomic mass is 10.1. The average Bonchev–Trinajstić information content (AvgIpc) is 3.02. The Hall–Kier alpha value is -3.19. The first-order valence-electron chi connectivity index (χ1n) is 7.85. The highest BCUT2D eigenvalue weighted by Gasteiger charge is 2.21. The molecule has 3 aromatic rings. The summed E-state index contributed by atoms with van der Waals surface area (Å²) in [6.07, 6.45) is 0.134. The number of aliphatic hydroxyl groups is 1. The maximum absolute atomic E-state index is 12.3. The molecule has 3 rings (SSSR count). The van der Waals surface area contributed by atoms with Crippen LogP contribution in [0.5, 0.6) is 0 Å². The monoisotopic (exact) mass is 338 g/mol. The van der Waals surface area contributed by atoms with Gasteiger partial charge in [0.1, 0.15) is 6.04 Å². The van der Waals surface area contributed by atoms with Crippen LogP contribution in [0.4, 0.5) is 5.95 Å². The van der Waals surface area contributed by atoms with Crippen LogP contribution < -0.4 is 10.6 Å². The van der Waals surface area contributed by atoms with Gasteiger partial charge in [-0.3, -0.25) is 14.9 Å². The molecule has 0 aliphatic rings. The van der Waals surface area contributed by atoms with E-state index in [1.807, 2.05) is 54.6 Å². The van der Waals surface area contributed by atoms with Crippen LogP contribution in [0, 0.1) is 0 Å². The van der Waals surface area contributed by atoms with Crippen LogP contribution in [0.2, 0.25) is 0 Å². The number of aliphatic hydroxyl groups excluding tert-OH is 1. The number of fused-ring (bicyclic) bond motifs is 1. The Morgan fingerprint density at radius 1 is 1.08 bits per heavy atom. The normalized spacial score (nSPS) is 11.9. The van der Waals surface area contributed by atoms with Crippen LogP contribution in [0.25, 0.3) is 11.0 Å². The van der Waals surface area contributed by atoms with Crippen molar-refractivity contribution in [3.05, 3.63) is 60.2 Å². The zero-order valence-electron chi connectivity index (χ0n) is 13.4. The highest BCUT2D eigenvalue weighted by atomic mass is 16.3. The number of nitrogens with one attached hydrogen (secondary N) is 3. The summed E-state index contributed by atoms with van der Waals surface area (Å²) in [4.78, 5) is 31.5. The van der Waals surface area contributed by atoms with Crippen molar-refractivity contribution in [3.8, 4) is 0 Å². The number of carbonyl (C=O) groups is 2. The van der Waals surface area contributed by atoms with Crippen molar-refractivity contribution >= 4 is 28.8 Å². The smallest absolute Gasteiger partial charge is 0.251 e. The Balaban J connectivity index is 1.61. The van der Waals surface area contributed by atoms with Crippen molar-refractivity contribution in [1.82, 2.24) is 15.3 Å². The molecule has 1 atom stereocenters. The van der Waals surface area contributed by atoms with Crippen molar-refractivity contribution in [2.24, 2.45) is 0 Å². The van der Waals surface area contributed by atoms with Gasteiger partial charge in [0.05, 0.1) is 24.1 Å². The van der Waals surface area contributed by atoms with Crippen molar-refractivity contribution in [2.45, 2.75) is 12.5 Å². The highest BCUT2D eigenvalue weighted by Crippen LogP contribution is 2.13. The molecular formula is C18H18N4O3. The van der Waals surface area contributed by atoms with Gasteiger partial charge in [-0.1, -0.05) is 42.5 Å². The summed E-state index contributed by atoms with van der Waals surface area (Å²) >= 11 is 0. The third-order valence-electron chi connectivity index (χ3n) is 3.67. The second-order valence-corrected chi connectivity index (χ2v) is 5.56. The molecular weight excluding hydrogens is 320 g/mol. The highest BCUT2D eigenvalue weighted by molar-refractivity contribution is 5.97. The van der Waals surface area contributed by atoms with E-state index in [-0.39, 0.29) is 18.3 Å². The maximum Gasteiger partial charge on any atom is 0.251 e. The first kappa shape index (κ1) is 16.7. The molecule has 0 aliphatic carbocycles. The topological polar surface area (TPSA) is 107 Å². The second kappa shape index (κ2) is 7.59. The number of hydrogen-bond donors (Lipinski definition) is 4. The van der Waals surface area contributed by atoms with Gasteiger partial charge < -0.3 is 15.4 Å². The zero-order chi connectivity index (χ0) is 17.6. The van der Waals surface area contributed by atoms with Gasteiger partial charge in [-0.25, -0.2) is 4.98 Å². The summed E-state index contributed by atoms with van der Waals surface area (Å²) in [5, 5.41) is 14.5. The van der Waals surface area contributed by atoms with Gasteiger partial charge in [-0.15, -0.1) is 0 Å². The van der Waals surface area contributed by atoms with Gasteiger partial charge in [0.2, 0.25) is 11.9 Å². The van der Waals surface area contributed by atoms with Gasteiger partial charge in [0.15, 0.2) is 0 Å². The van der Waals surface area contributed by atoms with Gasteiger partial charge >= 0.3 is 0 Å². The fourth-order valence-electron chi connectivity index (χ4n) is 2.44. The van der Waals surface area contributed by atoms with Crippen LogP contribution >= 0.6 is 0 Å². The number of para-hydroxylation sites is 2. The molecule has 7 nitrogen and oxygen atoms in total. The number of hydrogen-bond acceptors (Lipinski definition) is 4. The van der Waals surface area contributed by atoms with E-state index in [2.05, 4.69) is 20.6 Å². The maximum atomic E-state index is 12.3. The number of rotatable bonds is 6. The molecule has 7 heteroatoms. The standard InChI is InChI=1S/C18H18N4O3/c23-11-15(19-16(24)10-12-6-2-1-3-7-12)17(25)22-18-20-13-8-4-5-9-14(13)21-18/h1-9,15,23H,10-11H2,(H,19,24)(H2,20,21,22,25)/t15-/m0/s1. The minimum Gasteiger partial charge on any atom is -0.394 e. The molecule has 2 aromatic carbocycles. The Morgan fingerprint density at radius 2 is 1.80 bits per heavy atom. The Kier molecular flexibility index (Phi) is 5.06. The van der Waals surface area contributed by atoms with E-state index < -0.39 is 18.6 Å². The van der Waals surface area contributed by atoms with Crippen LogP contribution in [0.1, 0.15) is 5.56 Å². The van der Waals surface area contributed by atoms with Crippen LogP contribution in [-0.4, -0.2) is 39.5 Å². The molecule has 4 N–H and O–H groups in total. The largest absolute Gasteiger partial charge is 0.394 e. The number of anilines is 1. The van der Waals surface area contributed by atoms with Crippen molar-refractivity contribution < 1.29 is 14.7 Å². The fourth-order valence-corrected chi connectivity index (χ4v) is 2.44. The first-order valence-corrected chi connectivity index (χ1v) is 7.85. The molecule has 0 unspecified atom stereocenters. The molecule has 128 valence electrons. The Bertz CT molecular complexity index is 843. The van der Waals surface area contributed by atoms with E-state index in [1.165, 1.54) is 0 Å². The van der Waals surface area contributed by atoms with Crippen LogP contribution in [0.15, 0.2) is 54.6 Å². The SMILES string of the molecule is O=C(Cc1ccccc1)N[C@@H](CO)C(=O)Nc1nc2ccccc2[nH]1. The lowest BCUT2D eigenvalue weighted by Gasteiger charge is -2.15. The fraction of sp³-hybridized carbons (Fsp3) is 0.167. The number of H-pyrrole nitrogens is 1. The predicted molar refractivity (Wildman–Crippen MR) is 93.9 cm³/mol. The summed E-state index contributed by atoms with van der Waals surface area (Å²) < 4.78 is 0. The number of aromatic nitrogens is 2. The molecule has 1 heterocycles. The lowest BCUT2D eigenvalue weighted by molar-refractivity contribution is -0.127. The van der Waals surface area contributed by atoms with Gasteiger partial charge in [-0.05, 0) is 17.7 Å². The van der Waals surface area contributed by atoms with E-state index in [4.69, 9.17) is 0 Å². The molecule has 2 amide bonds. The summed E-state index contributed by atoms with van der Waals surface area (Å²) in [5.41, 5.74) is 2.33. The van der Waals surface area contributed by atoms with Crippen LogP contribution in [-0.2, 0) is 16.0 Å². The van der Waals surface area contributed by atoms with Gasteiger partial charge in [0, 0.05) is 0 Å². The predicted octanol–water partition coefficient (Wildman–Crippen LogP) is 1.22.